The van der Waals surface area contributed by atoms with Gasteiger partial charge < -0.3 is 9.84 Å². The zero-order chi connectivity index (χ0) is 14.1. The lowest BCUT2D eigenvalue weighted by Gasteiger charge is -2.17. The van der Waals surface area contributed by atoms with Crippen molar-refractivity contribution in [2.45, 2.75) is 18.4 Å². The second-order valence-electron chi connectivity index (χ2n) is 4.98. The third-order valence-corrected chi connectivity index (χ3v) is 4.37. The van der Waals surface area contributed by atoms with Gasteiger partial charge in [0.05, 0.1) is 22.8 Å². The van der Waals surface area contributed by atoms with E-state index in [1.54, 1.807) is 12.1 Å². The van der Waals surface area contributed by atoms with Crippen LogP contribution in [-0.2, 0) is 6.42 Å². The van der Waals surface area contributed by atoms with Gasteiger partial charge in [0.1, 0.15) is 5.75 Å². The van der Waals surface area contributed by atoms with E-state index in [1.807, 2.05) is 30.3 Å². The Bertz CT molecular complexity index is 628. The molecule has 0 fully saturated rings. The zero-order valence-electron chi connectivity index (χ0n) is 10.7. The number of benzene rings is 2. The molecule has 1 heterocycles. The predicted molar refractivity (Wildman–Crippen MR) is 80.9 cm³/mol. The molecule has 4 heteroatoms. The first-order valence-electron chi connectivity index (χ1n) is 6.49. The lowest BCUT2D eigenvalue weighted by molar-refractivity contribution is 0.129. The summed E-state index contributed by atoms with van der Waals surface area (Å²) in [5, 5.41) is 11.5. The van der Waals surface area contributed by atoms with Gasteiger partial charge in [0.25, 0.3) is 0 Å². The average molecular weight is 309 g/mol. The molecule has 2 nitrogen and oxygen atoms in total. The Kier molecular flexibility index (Phi) is 3.88. The molecule has 0 bridgehead atoms. The molecule has 1 aliphatic heterocycles. The van der Waals surface area contributed by atoms with Crippen molar-refractivity contribution in [1.82, 2.24) is 0 Å². The first-order valence-corrected chi connectivity index (χ1v) is 7.24. The van der Waals surface area contributed by atoms with E-state index in [0.29, 0.717) is 23.1 Å². The van der Waals surface area contributed by atoms with Crippen molar-refractivity contribution in [3.05, 3.63) is 63.6 Å². The number of hydrogen-bond donors (Lipinski definition) is 1. The van der Waals surface area contributed by atoms with E-state index in [-0.39, 0.29) is 5.92 Å². The van der Waals surface area contributed by atoms with Crippen molar-refractivity contribution in [1.29, 1.82) is 0 Å². The van der Waals surface area contributed by atoms with Crippen LogP contribution in [0.25, 0.3) is 0 Å². The molecule has 20 heavy (non-hydrogen) atoms. The minimum absolute atomic E-state index is 0.000605. The SMILES string of the molecule is OC(Cc1ccc(Cl)c(Cl)c1)C1COc2ccccc21. The summed E-state index contributed by atoms with van der Waals surface area (Å²) in [4.78, 5) is 0. The Labute approximate surface area is 127 Å². The lowest BCUT2D eigenvalue weighted by atomic mass is 9.91. The van der Waals surface area contributed by atoms with Crippen molar-refractivity contribution in [3.8, 4) is 5.75 Å². The van der Waals surface area contributed by atoms with Gasteiger partial charge in [0, 0.05) is 11.5 Å². The first kappa shape index (κ1) is 13.7. The van der Waals surface area contributed by atoms with E-state index in [0.717, 1.165) is 16.9 Å². The predicted octanol–water partition coefficient (Wildman–Crippen LogP) is 4.07. The lowest BCUT2D eigenvalue weighted by Crippen LogP contribution is -2.22. The summed E-state index contributed by atoms with van der Waals surface area (Å²) in [5.41, 5.74) is 2.04. The average Bonchev–Trinajstić information content (AvgIpc) is 2.87. The highest BCUT2D eigenvalue weighted by Gasteiger charge is 2.30. The van der Waals surface area contributed by atoms with E-state index in [9.17, 15) is 5.11 Å². The molecule has 1 aliphatic rings. The van der Waals surface area contributed by atoms with Crippen LogP contribution < -0.4 is 4.74 Å². The van der Waals surface area contributed by atoms with E-state index >= 15 is 0 Å². The highest BCUT2D eigenvalue weighted by molar-refractivity contribution is 6.42. The maximum Gasteiger partial charge on any atom is 0.123 e. The second-order valence-corrected chi connectivity index (χ2v) is 5.79. The van der Waals surface area contributed by atoms with Gasteiger partial charge in [-0.2, -0.15) is 0 Å². The molecule has 0 spiro atoms. The highest BCUT2D eigenvalue weighted by atomic mass is 35.5. The number of ether oxygens (including phenoxy) is 1. The van der Waals surface area contributed by atoms with Crippen LogP contribution in [0.5, 0.6) is 5.75 Å². The standard InChI is InChI=1S/C16H14Cl2O2/c17-13-6-5-10(7-14(13)18)8-15(19)12-9-20-16-4-2-1-3-11(12)16/h1-7,12,15,19H,8-9H2. The summed E-state index contributed by atoms with van der Waals surface area (Å²) >= 11 is 11.9. The minimum Gasteiger partial charge on any atom is -0.493 e. The summed E-state index contributed by atoms with van der Waals surface area (Å²) in [6, 6.07) is 13.3. The Morgan fingerprint density at radius 3 is 2.75 bits per heavy atom. The third-order valence-electron chi connectivity index (χ3n) is 3.63. The van der Waals surface area contributed by atoms with Crippen LogP contribution in [0.3, 0.4) is 0 Å². The summed E-state index contributed by atoms with van der Waals surface area (Å²) in [7, 11) is 0. The number of hydrogen-bond acceptors (Lipinski definition) is 2. The van der Waals surface area contributed by atoms with Gasteiger partial charge in [-0.1, -0.05) is 47.5 Å². The van der Waals surface area contributed by atoms with Gasteiger partial charge in [-0.05, 0) is 30.2 Å². The number of halogens is 2. The summed E-state index contributed by atoms with van der Waals surface area (Å²) < 4.78 is 5.61. The van der Waals surface area contributed by atoms with E-state index < -0.39 is 6.10 Å². The van der Waals surface area contributed by atoms with E-state index in [2.05, 4.69) is 0 Å². The second kappa shape index (κ2) is 5.65. The highest BCUT2D eigenvalue weighted by Crippen LogP contribution is 2.36. The van der Waals surface area contributed by atoms with E-state index in [1.165, 1.54) is 0 Å². The summed E-state index contributed by atoms with van der Waals surface area (Å²) in [5.74, 6) is 0.867. The topological polar surface area (TPSA) is 29.5 Å². The van der Waals surface area contributed by atoms with Crippen LogP contribution in [0.1, 0.15) is 17.0 Å². The van der Waals surface area contributed by atoms with Crippen molar-refractivity contribution in [2.24, 2.45) is 0 Å². The maximum absolute atomic E-state index is 10.5. The van der Waals surface area contributed by atoms with Crippen LogP contribution in [0.15, 0.2) is 42.5 Å². The fraction of sp³-hybridized carbons (Fsp3) is 0.250. The minimum atomic E-state index is -0.504. The van der Waals surface area contributed by atoms with Crippen LogP contribution in [-0.4, -0.2) is 17.8 Å². The van der Waals surface area contributed by atoms with Gasteiger partial charge in [-0.25, -0.2) is 0 Å². The molecule has 0 radical (unpaired) electrons. The smallest absolute Gasteiger partial charge is 0.123 e. The molecule has 0 aliphatic carbocycles. The van der Waals surface area contributed by atoms with Crippen LogP contribution in [0.2, 0.25) is 10.0 Å². The quantitative estimate of drug-likeness (QED) is 0.926. The summed E-state index contributed by atoms with van der Waals surface area (Å²) in [6.45, 7) is 0.516. The van der Waals surface area contributed by atoms with Crippen LogP contribution in [0, 0.1) is 0 Å². The normalized spacial score (nSPS) is 18.4. The number of fused-ring (bicyclic) bond motifs is 1. The molecule has 2 unspecified atom stereocenters. The molecular weight excluding hydrogens is 295 g/mol. The molecule has 2 aromatic rings. The van der Waals surface area contributed by atoms with Gasteiger partial charge >= 0.3 is 0 Å². The molecule has 0 amide bonds. The van der Waals surface area contributed by atoms with Gasteiger partial charge in [-0.15, -0.1) is 0 Å². The van der Waals surface area contributed by atoms with Crippen molar-refractivity contribution < 1.29 is 9.84 Å². The monoisotopic (exact) mass is 308 g/mol. The van der Waals surface area contributed by atoms with Gasteiger partial charge in [0.15, 0.2) is 0 Å². The van der Waals surface area contributed by atoms with Gasteiger partial charge in [-0.3, -0.25) is 0 Å². The van der Waals surface area contributed by atoms with Crippen molar-refractivity contribution in [3.63, 3.8) is 0 Å². The number of aliphatic hydroxyl groups excluding tert-OH is 1. The fourth-order valence-corrected chi connectivity index (χ4v) is 2.88. The Morgan fingerprint density at radius 1 is 1.15 bits per heavy atom. The van der Waals surface area contributed by atoms with Gasteiger partial charge in [0.2, 0.25) is 0 Å². The fourth-order valence-electron chi connectivity index (χ4n) is 2.56. The van der Waals surface area contributed by atoms with Crippen molar-refractivity contribution >= 4 is 23.2 Å². The zero-order valence-corrected chi connectivity index (χ0v) is 12.2. The summed E-state index contributed by atoms with van der Waals surface area (Å²) in [6.07, 6.45) is 0.0232. The van der Waals surface area contributed by atoms with Crippen LogP contribution >= 0.6 is 23.2 Å². The number of para-hydroxylation sites is 1. The molecule has 0 aromatic heterocycles. The number of rotatable bonds is 3. The molecule has 3 rings (SSSR count). The molecule has 104 valence electrons. The van der Waals surface area contributed by atoms with E-state index in [4.69, 9.17) is 27.9 Å². The Morgan fingerprint density at radius 2 is 1.95 bits per heavy atom. The maximum atomic E-state index is 10.5. The molecule has 1 N–H and O–H groups in total. The molecule has 2 aromatic carbocycles. The Hall–Kier alpha value is -1.22. The molecule has 0 saturated carbocycles. The molecular formula is C16H14Cl2O2. The van der Waals surface area contributed by atoms with Crippen molar-refractivity contribution in [2.75, 3.05) is 6.61 Å². The largest absolute Gasteiger partial charge is 0.493 e. The molecule has 0 saturated heterocycles. The molecule has 2 atom stereocenters. The number of aliphatic hydroxyl groups is 1. The van der Waals surface area contributed by atoms with Crippen LogP contribution in [0.4, 0.5) is 0 Å². The third kappa shape index (κ3) is 2.64. The Balaban J connectivity index is 1.77. The first-order chi connectivity index (χ1) is 9.65.